The molecule has 3 nitrogen and oxygen atoms in total. The highest BCUT2D eigenvalue weighted by atomic mass is 16.3. The third kappa shape index (κ3) is 2.72. The standard InChI is InChI=1S/C23H20N2O/c1-18-17-22(25(24-18)21-15-9-4-10-16-21)23(26,19-11-5-2-6-12-19)20-13-7-3-8-14-20/h2-17,26H,1H3. The maximum absolute atomic E-state index is 12.0. The Morgan fingerprint density at radius 1 is 0.731 bits per heavy atom. The number of aliphatic hydroxyl groups is 1. The molecule has 3 heteroatoms. The largest absolute Gasteiger partial charge is 0.374 e. The van der Waals surface area contributed by atoms with Gasteiger partial charge in [0.15, 0.2) is 5.60 Å². The Morgan fingerprint density at radius 2 is 1.19 bits per heavy atom. The molecule has 128 valence electrons. The van der Waals surface area contributed by atoms with Crippen molar-refractivity contribution < 1.29 is 5.11 Å². The molecular formula is C23H20N2O. The molecule has 4 aromatic rings. The Bertz CT molecular complexity index is 953. The zero-order valence-corrected chi connectivity index (χ0v) is 14.6. The molecule has 26 heavy (non-hydrogen) atoms. The van der Waals surface area contributed by atoms with Crippen LogP contribution in [0.15, 0.2) is 97.1 Å². The van der Waals surface area contributed by atoms with Gasteiger partial charge in [-0.25, -0.2) is 4.68 Å². The van der Waals surface area contributed by atoms with Crippen LogP contribution in [0, 0.1) is 6.92 Å². The summed E-state index contributed by atoms with van der Waals surface area (Å²) in [5.74, 6) is 0. The van der Waals surface area contributed by atoms with Crippen molar-refractivity contribution >= 4 is 0 Å². The zero-order chi connectivity index (χ0) is 18.0. The Balaban J connectivity index is 2.01. The lowest BCUT2D eigenvalue weighted by molar-refractivity contribution is 0.118. The maximum atomic E-state index is 12.0. The van der Waals surface area contributed by atoms with Gasteiger partial charge in [-0.15, -0.1) is 0 Å². The molecule has 0 amide bonds. The lowest BCUT2D eigenvalue weighted by Gasteiger charge is -2.30. The number of hydrogen-bond donors (Lipinski definition) is 1. The Labute approximate surface area is 153 Å². The minimum atomic E-state index is -1.31. The summed E-state index contributed by atoms with van der Waals surface area (Å²) in [5.41, 5.74) is 2.81. The van der Waals surface area contributed by atoms with Crippen LogP contribution >= 0.6 is 0 Å². The number of benzene rings is 3. The topological polar surface area (TPSA) is 38.0 Å². The van der Waals surface area contributed by atoms with E-state index in [9.17, 15) is 5.11 Å². The summed E-state index contributed by atoms with van der Waals surface area (Å²) in [6, 6.07) is 31.3. The third-order valence-electron chi connectivity index (χ3n) is 4.59. The van der Waals surface area contributed by atoms with E-state index < -0.39 is 5.60 Å². The molecule has 1 heterocycles. The number of nitrogens with zero attached hydrogens (tertiary/aromatic N) is 2. The normalized spacial score (nSPS) is 11.5. The van der Waals surface area contributed by atoms with Gasteiger partial charge in [-0.3, -0.25) is 0 Å². The van der Waals surface area contributed by atoms with Crippen molar-refractivity contribution in [3.8, 4) is 5.69 Å². The van der Waals surface area contributed by atoms with E-state index in [1.165, 1.54) is 0 Å². The average Bonchev–Trinajstić information content (AvgIpc) is 3.11. The van der Waals surface area contributed by atoms with Crippen LogP contribution in [0.4, 0.5) is 0 Å². The monoisotopic (exact) mass is 340 g/mol. The molecule has 0 aliphatic heterocycles. The highest BCUT2D eigenvalue weighted by molar-refractivity contribution is 5.47. The molecule has 0 fully saturated rings. The first-order chi connectivity index (χ1) is 12.7. The molecule has 0 saturated carbocycles. The van der Waals surface area contributed by atoms with E-state index >= 15 is 0 Å². The molecule has 0 spiro atoms. The first kappa shape index (κ1) is 16.3. The van der Waals surface area contributed by atoms with E-state index in [0.29, 0.717) is 0 Å². The zero-order valence-electron chi connectivity index (χ0n) is 14.6. The fourth-order valence-corrected chi connectivity index (χ4v) is 3.34. The van der Waals surface area contributed by atoms with Crippen LogP contribution in [0.2, 0.25) is 0 Å². The van der Waals surface area contributed by atoms with Crippen molar-refractivity contribution in [2.45, 2.75) is 12.5 Å². The average molecular weight is 340 g/mol. The summed E-state index contributed by atoms with van der Waals surface area (Å²) in [4.78, 5) is 0. The summed E-state index contributed by atoms with van der Waals surface area (Å²) >= 11 is 0. The maximum Gasteiger partial charge on any atom is 0.157 e. The predicted octanol–water partition coefficient (Wildman–Crippen LogP) is 4.46. The van der Waals surface area contributed by atoms with Gasteiger partial charge < -0.3 is 5.11 Å². The second kappa shape index (κ2) is 6.62. The molecular weight excluding hydrogens is 320 g/mol. The first-order valence-electron chi connectivity index (χ1n) is 8.65. The summed E-state index contributed by atoms with van der Waals surface area (Å²) in [5, 5.41) is 16.7. The van der Waals surface area contributed by atoms with Crippen molar-refractivity contribution in [3.63, 3.8) is 0 Å². The van der Waals surface area contributed by atoms with Crippen LogP contribution in [0.25, 0.3) is 5.69 Å². The van der Waals surface area contributed by atoms with E-state index in [0.717, 1.165) is 28.2 Å². The van der Waals surface area contributed by atoms with Gasteiger partial charge in [-0.05, 0) is 36.2 Å². The van der Waals surface area contributed by atoms with Crippen molar-refractivity contribution in [2.24, 2.45) is 0 Å². The van der Waals surface area contributed by atoms with E-state index in [4.69, 9.17) is 0 Å². The first-order valence-corrected chi connectivity index (χ1v) is 8.65. The Morgan fingerprint density at radius 3 is 1.69 bits per heavy atom. The minimum Gasteiger partial charge on any atom is -0.374 e. The van der Waals surface area contributed by atoms with Gasteiger partial charge >= 0.3 is 0 Å². The van der Waals surface area contributed by atoms with E-state index in [-0.39, 0.29) is 0 Å². The third-order valence-corrected chi connectivity index (χ3v) is 4.59. The highest BCUT2D eigenvalue weighted by Crippen LogP contribution is 2.37. The lowest BCUT2D eigenvalue weighted by atomic mass is 9.83. The minimum absolute atomic E-state index is 0.721. The van der Waals surface area contributed by atoms with Gasteiger partial charge in [0, 0.05) is 0 Å². The molecule has 1 N–H and O–H groups in total. The van der Waals surface area contributed by atoms with E-state index in [1.54, 1.807) is 0 Å². The van der Waals surface area contributed by atoms with Gasteiger partial charge in [0.25, 0.3) is 0 Å². The van der Waals surface area contributed by atoms with Crippen LogP contribution < -0.4 is 0 Å². The van der Waals surface area contributed by atoms with Crippen LogP contribution in [0.5, 0.6) is 0 Å². The SMILES string of the molecule is Cc1cc(C(O)(c2ccccc2)c2ccccc2)n(-c2ccccc2)n1. The Hall–Kier alpha value is -3.17. The summed E-state index contributed by atoms with van der Waals surface area (Å²) in [6.45, 7) is 1.94. The van der Waals surface area contributed by atoms with Gasteiger partial charge in [-0.1, -0.05) is 78.9 Å². The van der Waals surface area contributed by atoms with Gasteiger partial charge in [-0.2, -0.15) is 5.10 Å². The number of aromatic nitrogens is 2. The van der Waals surface area contributed by atoms with Crippen LogP contribution in [-0.2, 0) is 5.60 Å². The fraction of sp³-hybridized carbons (Fsp3) is 0.0870. The molecule has 0 aliphatic carbocycles. The molecule has 4 rings (SSSR count). The number of aryl methyl sites for hydroxylation is 1. The molecule has 0 radical (unpaired) electrons. The van der Waals surface area contributed by atoms with Gasteiger partial charge in [0.05, 0.1) is 17.1 Å². The summed E-state index contributed by atoms with van der Waals surface area (Å²) in [6.07, 6.45) is 0. The number of hydrogen-bond acceptors (Lipinski definition) is 2. The van der Waals surface area contributed by atoms with Crippen molar-refractivity contribution in [1.29, 1.82) is 0 Å². The molecule has 0 aliphatic rings. The van der Waals surface area contributed by atoms with Gasteiger partial charge in [0.2, 0.25) is 0 Å². The summed E-state index contributed by atoms with van der Waals surface area (Å²) in [7, 11) is 0. The molecule has 0 bridgehead atoms. The molecule has 0 atom stereocenters. The molecule has 1 aromatic heterocycles. The molecule has 0 unspecified atom stereocenters. The van der Waals surface area contributed by atoms with Crippen LogP contribution in [0.3, 0.4) is 0 Å². The Kier molecular flexibility index (Phi) is 4.15. The highest BCUT2D eigenvalue weighted by Gasteiger charge is 2.37. The van der Waals surface area contributed by atoms with Gasteiger partial charge in [0.1, 0.15) is 0 Å². The number of rotatable bonds is 4. The predicted molar refractivity (Wildman–Crippen MR) is 103 cm³/mol. The molecule has 0 saturated heterocycles. The van der Waals surface area contributed by atoms with E-state index in [1.807, 2.05) is 109 Å². The molecule has 3 aromatic carbocycles. The second-order valence-electron chi connectivity index (χ2n) is 6.36. The quantitative estimate of drug-likeness (QED) is 0.595. The van der Waals surface area contributed by atoms with Crippen molar-refractivity contribution in [2.75, 3.05) is 0 Å². The van der Waals surface area contributed by atoms with Crippen LogP contribution in [0.1, 0.15) is 22.5 Å². The number of para-hydroxylation sites is 1. The van der Waals surface area contributed by atoms with Crippen molar-refractivity contribution in [1.82, 2.24) is 9.78 Å². The van der Waals surface area contributed by atoms with E-state index in [2.05, 4.69) is 5.10 Å². The van der Waals surface area contributed by atoms with Crippen LogP contribution in [-0.4, -0.2) is 14.9 Å². The van der Waals surface area contributed by atoms with Crippen molar-refractivity contribution in [3.05, 3.63) is 120 Å². The second-order valence-corrected chi connectivity index (χ2v) is 6.36. The lowest BCUT2D eigenvalue weighted by Crippen LogP contribution is -2.31. The fourth-order valence-electron chi connectivity index (χ4n) is 3.34. The summed E-state index contributed by atoms with van der Waals surface area (Å²) < 4.78 is 1.83. The smallest absolute Gasteiger partial charge is 0.157 e.